The van der Waals surface area contributed by atoms with Gasteiger partial charge in [0.1, 0.15) is 0 Å². The van der Waals surface area contributed by atoms with Crippen LogP contribution in [0.25, 0.3) is 0 Å². The predicted molar refractivity (Wildman–Crippen MR) is 58.3 cm³/mol. The Bertz CT molecular complexity index is 159. The molecule has 0 radical (unpaired) electrons. The number of hydrogen-bond donors (Lipinski definition) is 0. The van der Waals surface area contributed by atoms with Crippen LogP contribution < -0.4 is 0 Å². The largest absolute Gasteiger partial charge is 0.374 e. The van der Waals surface area contributed by atoms with E-state index in [2.05, 4.69) is 15.9 Å². The van der Waals surface area contributed by atoms with Crippen molar-refractivity contribution in [1.29, 1.82) is 0 Å². The Balaban J connectivity index is 1.75. The highest BCUT2D eigenvalue weighted by Gasteiger charge is 2.34. The van der Waals surface area contributed by atoms with Gasteiger partial charge in [0.05, 0.1) is 12.2 Å². The van der Waals surface area contributed by atoms with E-state index in [1.54, 1.807) is 0 Å². The summed E-state index contributed by atoms with van der Waals surface area (Å²) in [5.41, 5.74) is 0.218. The number of alkyl halides is 1. The quantitative estimate of drug-likeness (QED) is 0.691. The molecule has 0 spiro atoms. The molecule has 2 fully saturated rings. The maximum atomic E-state index is 6.10. The molecule has 0 saturated heterocycles. The van der Waals surface area contributed by atoms with Gasteiger partial charge in [-0.1, -0.05) is 35.2 Å². The fourth-order valence-corrected chi connectivity index (χ4v) is 3.01. The first-order chi connectivity index (χ1) is 6.35. The van der Waals surface area contributed by atoms with Crippen molar-refractivity contribution >= 4 is 15.9 Å². The van der Waals surface area contributed by atoms with Gasteiger partial charge >= 0.3 is 0 Å². The summed E-state index contributed by atoms with van der Waals surface area (Å²) >= 11 is 3.60. The maximum Gasteiger partial charge on any atom is 0.0779 e. The van der Waals surface area contributed by atoms with Crippen LogP contribution in [-0.2, 0) is 4.74 Å². The minimum atomic E-state index is 0.218. The van der Waals surface area contributed by atoms with Gasteiger partial charge in [-0.15, -0.1) is 0 Å². The predicted octanol–water partition coefficient (Wildman–Crippen LogP) is 3.51. The lowest BCUT2D eigenvalue weighted by Gasteiger charge is -2.32. The third kappa shape index (κ3) is 2.27. The second kappa shape index (κ2) is 4.31. The Labute approximate surface area is 89.4 Å². The van der Waals surface area contributed by atoms with E-state index in [0.29, 0.717) is 0 Å². The summed E-state index contributed by atoms with van der Waals surface area (Å²) in [6.45, 7) is 1.02. The first kappa shape index (κ1) is 9.97. The zero-order valence-corrected chi connectivity index (χ0v) is 9.81. The van der Waals surface area contributed by atoms with Crippen molar-refractivity contribution in [2.75, 3.05) is 11.9 Å². The summed E-state index contributed by atoms with van der Waals surface area (Å²) in [7, 11) is 0. The highest BCUT2D eigenvalue weighted by atomic mass is 79.9. The molecule has 1 nitrogen and oxygen atoms in total. The molecule has 2 saturated carbocycles. The highest BCUT2D eigenvalue weighted by molar-refractivity contribution is 9.09. The van der Waals surface area contributed by atoms with Crippen molar-refractivity contribution in [2.24, 2.45) is 5.92 Å². The van der Waals surface area contributed by atoms with Crippen molar-refractivity contribution in [3.63, 3.8) is 0 Å². The molecule has 2 aliphatic rings. The van der Waals surface area contributed by atoms with Gasteiger partial charge in [-0.25, -0.2) is 0 Å². The summed E-state index contributed by atoms with van der Waals surface area (Å²) in [5.74, 6) is 0.886. The molecule has 0 N–H and O–H groups in total. The van der Waals surface area contributed by atoms with Gasteiger partial charge in [0.2, 0.25) is 0 Å². The molecule has 0 aromatic rings. The van der Waals surface area contributed by atoms with Gasteiger partial charge in [-0.2, -0.15) is 0 Å². The van der Waals surface area contributed by atoms with Gasteiger partial charge < -0.3 is 4.74 Å². The van der Waals surface area contributed by atoms with E-state index in [0.717, 1.165) is 17.9 Å². The van der Waals surface area contributed by atoms with Crippen LogP contribution in [0.15, 0.2) is 0 Å². The molecule has 0 atom stereocenters. The van der Waals surface area contributed by atoms with Crippen molar-refractivity contribution in [1.82, 2.24) is 0 Å². The van der Waals surface area contributed by atoms with Crippen molar-refractivity contribution in [3.05, 3.63) is 0 Å². The summed E-state index contributed by atoms with van der Waals surface area (Å²) < 4.78 is 6.10. The SMILES string of the molecule is BrCC1(OCC2CCC2)CCCC1. The average molecular weight is 247 g/mol. The third-order valence-electron chi connectivity index (χ3n) is 3.61. The summed E-state index contributed by atoms with van der Waals surface area (Å²) in [6.07, 6.45) is 9.48. The van der Waals surface area contributed by atoms with Gasteiger partial charge in [-0.05, 0) is 31.6 Å². The highest BCUT2D eigenvalue weighted by Crippen LogP contribution is 2.37. The van der Waals surface area contributed by atoms with Crippen LogP contribution in [0.5, 0.6) is 0 Å². The molecule has 0 unspecified atom stereocenters. The Morgan fingerprint density at radius 1 is 1.15 bits per heavy atom. The van der Waals surface area contributed by atoms with Gasteiger partial charge in [0.25, 0.3) is 0 Å². The van der Waals surface area contributed by atoms with Gasteiger partial charge in [0.15, 0.2) is 0 Å². The summed E-state index contributed by atoms with van der Waals surface area (Å²) in [5, 5.41) is 1.03. The fraction of sp³-hybridized carbons (Fsp3) is 1.00. The van der Waals surface area contributed by atoms with E-state index in [4.69, 9.17) is 4.74 Å². The van der Waals surface area contributed by atoms with E-state index in [-0.39, 0.29) is 5.60 Å². The van der Waals surface area contributed by atoms with Crippen LogP contribution in [0.2, 0.25) is 0 Å². The van der Waals surface area contributed by atoms with E-state index >= 15 is 0 Å². The molecular formula is C11H19BrO. The Hall–Kier alpha value is 0.440. The molecule has 2 aliphatic carbocycles. The molecule has 0 aliphatic heterocycles. The minimum Gasteiger partial charge on any atom is -0.374 e. The molecule has 0 aromatic heterocycles. The standard InChI is InChI=1S/C11H19BrO/c12-9-11(6-1-2-7-11)13-8-10-4-3-5-10/h10H,1-9H2. The number of halogens is 1. The smallest absolute Gasteiger partial charge is 0.0779 e. The van der Waals surface area contributed by atoms with Crippen LogP contribution >= 0.6 is 15.9 Å². The molecular weight excluding hydrogens is 228 g/mol. The monoisotopic (exact) mass is 246 g/mol. The third-order valence-corrected chi connectivity index (χ3v) is 4.63. The van der Waals surface area contributed by atoms with E-state index in [1.807, 2.05) is 0 Å². The lowest BCUT2D eigenvalue weighted by molar-refractivity contribution is -0.0505. The lowest BCUT2D eigenvalue weighted by atomic mass is 9.86. The Morgan fingerprint density at radius 3 is 2.31 bits per heavy atom. The van der Waals surface area contributed by atoms with Crippen molar-refractivity contribution < 1.29 is 4.74 Å². The van der Waals surface area contributed by atoms with Gasteiger partial charge in [0, 0.05) is 5.33 Å². The van der Waals surface area contributed by atoms with Gasteiger partial charge in [-0.3, -0.25) is 0 Å². The normalized spacial score (nSPS) is 27.5. The molecule has 2 heteroatoms. The first-order valence-corrected chi connectivity index (χ1v) is 6.67. The van der Waals surface area contributed by atoms with Crippen molar-refractivity contribution in [3.8, 4) is 0 Å². The zero-order valence-electron chi connectivity index (χ0n) is 8.23. The number of hydrogen-bond acceptors (Lipinski definition) is 1. The first-order valence-electron chi connectivity index (χ1n) is 5.55. The van der Waals surface area contributed by atoms with Crippen LogP contribution in [0.4, 0.5) is 0 Å². The number of rotatable bonds is 4. The van der Waals surface area contributed by atoms with Crippen molar-refractivity contribution in [2.45, 2.75) is 50.5 Å². The second-order valence-corrected chi connectivity index (χ2v) is 5.19. The van der Waals surface area contributed by atoms with Crippen LogP contribution in [-0.4, -0.2) is 17.5 Å². The minimum absolute atomic E-state index is 0.218. The molecule has 0 amide bonds. The molecule has 0 heterocycles. The molecule has 2 rings (SSSR count). The van der Waals surface area contributed by atoms with Crippen LogP contribution in [0.3, 0.4) is 0 Å². The Kier molecular flexibility index (Phi) is 3.31. The van der Waals surface area contributed by atoms with Crippen LogP contribution in [0.1, 0.15) is 44.9 Å². The average Bonchev–Trinajstić information content (AvgIpc) is 2.51. The zero-order chi connectivity index (χ0) is 9.15. The maximum absolute atomic E-state index is 6.10. The molecule has 0 aromatic carbocycles. The lowest BCUT2D eigenvalue weighted by Crippen LogP contribution is -2.34. The summed E-state index contributed by atoms with van der Waals surface area (Å²) in [6, 6.07) is 0. The van der Waals surface area contributed by atoms with E-state index in [9.17, 15) is 0 Å². The Morgan fingerprint density at radius 2 is 1.85 bits per heavy atom. The number of ether oxygens (including phenoxy) is 1. The topological polar surface area (TPSA) is 9.23 Å². The van der Waals surface area contributed by atoms with Crippen LogP contribution in [0, 0.1) is 5.92 Å². The fourth-order valence-electron chi connectivity index (χ4n) is 2.29. The van der Waals surface area contributed by atoms with E-state index < -0.39 is 0 Å². The second-order valence-electron chi connectivity index (χ2n) is 4.63. The van der Waals surface area contributed by atoms with E-state index in [1.165, 1.54) is 44.9 Å². The molecule has 76 valence electrons. The molecule has 0 bridgehead atoms. The molecule has 13 heavy (non-hydrogen) atoms. The summed E-state index contributed by atoms with van der Waals surface area (Å²) in [4.78, 5) is 0.